The van der Waals surface area contributed by atoms with E-state index < -0.39 is 0 Å². The average Bonchev–Trinajstić information content (AvgIpc) is 3.63. The van der Waals surface area contributed by atoms with Gasteiger partial charge in [0.2, 0.25) is 0 Å². The van der Waals surface area contributed by atoms with Gasteiger partial charge in [0.25, 0.3) is 0 Å². The molecule has 2 aliphatic rings. The normalized spacial score (nSPS) is 15.3. The average molecular weight is 805 g/mol. The van der Waals surface area contributed by atoms with E-state index in [0.29, 0.717) is 0 Å². The minimum absolute atomic E-state index is 0.254. The number of rotatable bonds is 7. The first-order valence-corrected chi connectivity index (χ1v) is 22.0. The van der Waals surface area contributed by atoms with Gasteiger partial charge in [-0.1, -0.05) is 194 Å². The predicted molar refractivity (Wildman–Crippen MR) is 266 cm³/mol. The number of aromatic nitrogens is 1. The molecule has 0 saturated heterocycles. The Labute approximate surface area is 368 Å². The predicted octanol–water partition coefficient (Wildman–Crippen LogP) is 16.2. The first-order valence-electron chi connectivity index (χ1n) is 22.0. The van der Waals surface area contributed by atoms with Gasteiger partial charge in [0, 0.05) is 38.7 Å². The maximum absolute atomic E-state index is 3.85. The summed E-state index contributed by atoms with van der Waals surface area (Å²) in [6.45, 7) is 2.37. The number of nitrogens with one attached hydrogen (secondary N) is 1. The van der Waals surface area contributed by atoms with Crippen LogP contribution in [-0.4, -0.2) is 4.57 Å². The smallest absolute Gasteiger partial charge is 0.0619 e. The largest absolute Gasteiger partial charge is 0.358 e. The molecule has 1 aliphatic carbocycles. The van der Waals surface area contributed by atoms with E-state index in [1.54, 1.807) is 0 Å². The molecule has 1 unspecified atom stereocenters. The van der Waals surface area contributed by atoms with Gasteiger partial charge in [-0.05, 0) is 111 Å². The van der Waals surface area contributed by atoms with Crippen molar-refractivity contribution in [3.63, 3.8) is 0 Å². The van der Waals surface area contributed by atoms with E-state index in [4.69, 9.17) is 0 Å². The number of hydrogen-bond acceptors (Lipinski definition) is 1. The number of allylic oxidation sites excluding steroid dienone is 4. The third-order valence-electron chi connectivity index (χ3n) is 13.5. The zero-order valence-corrected chi connectivity index (χ0v) is 35.1. The summed E-state index contributed by atoms with van der Waals surface area (Å²) in [6, 6.07) is 79.8. The molecule has 2 nitrogen and oxygen atoms in total. The Balaban J connectivity index is 0.852. The molecule has 0 saturated carbocycles. The fraction of sp³-hybridized carbons (Fsp3) is 0.0492. The highest BCUT2D eigenvalue weighted by Gasteiger charge is 2.35. The Kier molecular flexibility index (Phi) is 8.72. The number of benzene rings is 9. The molecule has 0 bridgehead atoms. The van der Waals surface area contributed by atoms with Gasteiger partial charge in [0.1, 0.15) is 0 Å². The maximum atomic E-state index is 3.85. The van der Waals surface area contributed by atoms with Crippen molar-refractivity contribution in [1.82, 2.24) is 4.57 Å². The molecule has 0 spiro atoms. The minimum Gasteiger partial charge on any atom is -0.358 e. The lowest BCUT2D eigenvalue weighted by atomic mass is 9.70. The fourth-order valence-corrected chi connectivity index (χ4v) is 10.2. The summed E-state index contributed by atoms with van der Waals surface area (Å²) in [4.78, 5) is 0. The highest BCUT2D eigenvalue weighted by atomic mass is 15.0. The van der Waals surface area contributed by atoms with Crippen LogP contribution in [0.1, 0.15) is 24.5 Å². The second kappa shape index (κ2) is 14.9. The number of fused-ring (bicyclic) bond motifs is 8. The molecule has 63 heavy (non-hydrogen) atoms. The van der Waals surface area contributed by atoms with Crippen LogP contribution in [-0.2, 0) is 5.41 Å². The van der Waals surface area contributed by atoms with Crippen LogP contribution in [0.3, 0.4) is 0 Å². The van der Waals surface area contributed by atoms with Gasteiger partial charge in [-0.25, -0.2) is 0 Å². The molecule has 1 aliphatic heterocycles. The van der Waals surface area contributed by atoms with Gasteiger partial charge in [0.15, 0.2) is 0 Å². The van der Waals surface area contributed by atoms with Crippen molar-refractivity contribution >= 4 is 33.1 Å². The van der Waals surface area contributed by atoms with E-state index in [9.17, 15) is 0 Å². The standard InChI is InChI=1S/C61H44N2/c1-61(49-15-6-3-7-16-49)40-48(34-38-59(61)62-50-35-31-44(32-36-50)43-25-23-42(24-26-43)41-13-4-2-5-14-41)46-29-27-45(28-30-46)47-33-37-58-56(39-47)55-21-12-20-54-52-18-9-8-17-51(52)53-19-10-11-22-57(53)63(58)60(54)55/h2-39,62H,40H2,1H3. The molecule has 1 atom stereocenters. The summed E-state index contributed by atoms with van der Waals surface area (Å²) >= 11 is 0. The highest BCUT2D eigenvalue weighted by molar-refractivity contribution is 6.17. The van der Waals surface area contributed by atoms with E-state index in [0.717, 1.165) is 12.1 Å². The van der Waals surface area contributed by atoms with E-state index in [-0.39, 0.29) is 5.41 Å². The molecule has 2 heteroatoms. The van der Waals surface area contributed by atoms with Crippen LogP contribution in [0.15, 0.2) is 236 Å². The Bertz CT molecular complexity index is 3410. The Morgan fingerprint density at radius 2 is 0.937 bits per heavy atom. The summed E-state index contributed by atoms with van der Waals surface area (Å²) in [5.41, 5.74) is 22.0. The summed E-state index contributed by atoms with van der Waals surface area (Å²) in [6.07, 6.45) is 5.47. The van der Waals surface area contributed by atoms with E-state index in [2.05, 4.69) is 247 Å². The van der Waals surface area contributed by atoms with Gasteiger partial charge in [-0.2, -0.15) is 0 Å². The first kappa shape index (κ1) is 36.9. The quantitative estimate of drug-likeness (QED) is 0.170. The third-order valence-corrected chi connectivity index (χ3v) is 13.5. The zero-order valence-electron chi connectivity index (χ0n) is 35.1. The van der Waals surface area contributed by atoms with Crippen LogP contribution in [0.25, 0.3) is 88.7 Å². The zero-order chi connectivity index (χ0) is 41.9. The summed E-state index contributed by atoms with van der Waals surface area (Å²) in [5, 5.41) is 6.40. The molecule has 0 amide bonds. The summed E-state index contributed by atoms with van der Waals surface area (Å²) in [5.74, 6) is 0. The molecule has 9 aromatic carbocycles. The monoisotopic (exact) mass is 804 g/mol. The van der Waals surface area contributed by atoms with Gasteiger partial charge in [0.05, 0.1) is 16.7 Å². The second-order valence-electron chi connectivity index (χ2n) is 17.2. The fourth-order valence-electron chi connectivity index (χ4n) is 10.2. The molecule has 2 heterocycles. The van der Waals surface area contributed by atoms with Crippen molar-refractivity contribution in [3.8, 4) is 61.3 Å². The summed E-state index contributed by atoms with van der Waals surface area (Å²) in [7, 11) is 0. The Morgan fingerprint density at radius 1 is 0.413 bits per heavy atom. The van der Waals surface area contributed by atoms with Crippen molar-refractivity contribution in [3.05, 3.63) is 247 Å². The van der Waals surface area contributed by atoms with Crippen LogP contribution >= 0.6 is 0 Å². The molecule has 0 radical (unpaired) electrons. The molecular weight excluding hydrogens is 761 g/mol. The SMILES string of the molecule is CC1(c2ccccc2)CC(c2ccc(-c3ccc4c(c3)c3cccc5c3n4-c3ccccc3-c3ccccc3-5)cc2)=CC=C1Nc1ccc(-c2ccc(-c3ccccc3)cc2)cc1. The second-order valence-corrected chi connectivity index (χ2v) is 17.2. The lowest BCUT2D eigenvalue weighted by Crippen LogP contribution is -2.31. The van der Waals surface area contributed by atoms with Crippen LogP contribution in [0.5, 0.6) is 0 Å². The molecule has 10 aromatic rings. The van der Waals surface area contributed by atoms with Gasteiger partial charge >= 0.3 is 0 Å². The number of anilines is 1. The summed E-state index contributed by atoms with van der Waals surface area (Å²) < 4.78 is 2.49. The van der Waals surface area contributed by atoms with E-state index in [1.165, 1.54) is 106 Å². The molecule has 298 valence electrons. The van der Waals surface area contributed by atoms with Gasteiger partial charge in [-0.3, -0.25) is 0 Å². The van der Waals surface area contributed by atoms with Gasteiger partial charge < -0.3 is 9.88 Å². The Morgan fingerprint density at radius 3 is 1.63 bits per heavy atom. The number of para-hydroxylation sites is 2. The molecule has 1 N–H and O–H groups in total. The van der Waals surface area contributed by atoms with Crippen molar-refractivity contribution in [1.29, 1.82) is 0 Å². The van der Waals surface area contributed by atoms with Crippen LogP contribution in [0, 0.1) is 0 Å². The Hall–Kier alpha value is -7.94. The van der Waals surface area contributed by atoms with Crippen molar-refractivity contribution < 1.29 is 0 Å². The third kappa shape index (κ3) is 6.25. The topological polar surface area (TPSA) is 17.0 Å². The molecule has 12 rings (SSSR count). The number of hydrogen-bond donors (Lipinski definition) is 1. The highest BCUT2D eigenvalue weighted by Crippen LogP contribution is 2.48. The van der Waals surface area contributed by atoms with Gasteiger partial charge in [-0.15, -0.1) is 0 Å². The molecule has 0 fully saturated rings. The molecule has 1 aromatic heterocycles. The molecular formula is C61H44N2. The van der Waals surface area contributed by atoms with Crippen molar-refractivity contribution in [2.75, 3.05) is 5.32 Å². The van der Waals surface area contributed by atoms with E-state index in [1.807, 2.05) is 0 Å². The lowest BCUT2D eigenvalue weighted by molar-refractivity contribution is 0.572. The van der Waals surface area contributed by atoms with Crippen LogP contribution in [0.4, 0.5) is 5.69 Å². The lowest BCUT2D eigenvalue weighted by Gasteiger charge is -2.37. The first-order chi connectivity index (χ1) is 31.1. The van der Waals surface area contributed by atoms with Crippen molar-refractivity contribution in [2.24, 2.45) is 0 Å². The van der Waals surface area contributed by atoms with Crippen LogP contribution < -0.4 is 5.32 Å². The van der Waals surface area contributed by atoms with Crippen molar-refractivity contribution in [2.45, 2.75) is 18.8 Å². The van der Waals surface area contributed by atoms with Crippen LogP contribution in [0.2, 0.25) is 0 Å². The number of nitrogens with zero attached hydrogens (tertiary/aromatic N) is 1. The minimum atomic E-state index is -0.254. The maximum Gasteiger partial charge on any atom is 0.0619 e. The van der Waals surface area contributed by atoms with E-state index >= 15 is 0 Å².